The van der Waals surface area contributed by atoms with Crippen molar-refractivity contribution in [3.63, 3.8) is 0 Å². The minimum atomic E-state index is 0.605. The van der Waals surface area contributed by atoms with Crippen LogP contribution in [0.3, 0.4) is 0 Å². The van der Waals surface area contributed by atoms with E-state index in [0.717, 1.165) is 12.2 Å². The van der Waals surface area contributed by atoms with Gasteiger partial charge in [0.2, 0.25) is 0 Å². The number of aromatic nitrogens is 2. The molecule has 12 heavy (non-hydrogen) atoms. The Morgan fingerprint density at radius 3 is 3.00 bits per heavy atom. The van der Waals surface area contributed by atoms with Crippen LogP contribution in [-0.4, -0.2) is 15.4 Å². The van der Waals surface area contributed by atoms with Crippen molar-refractivity contribution in [2.24, 2.45) is 7.05 Å². The van der Waals surface area contributed by atoms with Gasteiger partial charge in [-0.3, -0.25) is 0 Å². The smallest absolute Gasteiger partial charge is 0.120 e. The monoisotopic (exact) mass is 182 g/mol. The molecule has 0 N–H and O–H groups in total. The number of halogens is 1. The first-order valence-corrected chi connectivity index (χ1v) is 4.36. The van der Waals surface area contributed by atoms with Gasteiger partial charge < -0.3 is 4.57 Å². The number of nitrogens with zero attached hydrogens (tertiary/aromatic N) is 2. The second-order valence-electron chi connectivity index (χ2n) is 2.42. The number of hydrogen-bond donors (Lipinski definition) is 0. The van der Waals surface area contributed by atoms with Gasteiger partial charge in [0.25, 0.3) is 0 Å². The standard InChI is InChI=1S/C9H11ClN2/c1-12-8-7-11-9(12)5-3-2-4-6-10/h7-8H,4-6H2,1H3. The van der Waals surface area contributed by atoms with Gasteiger partial charge >= 0.3 is 0 Å². The van der Waals surface area contributed by atoms with Crippen molar-refractivity contribution in [2.75, 3.05) is 5.88 Å². The molecule has 1 heterocycles. The fourth-order valence-electron chi connectivity index (χ4n) is 0.844. The van der Waals surface area contributed by atoms with Crippen LogP contribution in [0.25, 0.3) is 0 Å². The van der Waals surface area contributed by atoms with Crippen molar-refractivity contribution in [2.45, 2.75) is 12.8 Å². The molecule has 0 fully saturated rings. The van der Waals surface area contributed by atoms with Crippen LogP contribution in [0, 0.1) is 11.8 Å². The topological polar surface area (TPSA) is 17.8 Å². The van der Waals surface area contributed by atoms with Crippen LogP contribution in [0.4, 0.5) is 0 Å². The fraction of sp³-hybridized carbons (Fsp3) is 0.444. The van der Waals surface area contributed by atoms with Gasteiger partial charge in [-0.15, -0.1) is 17.5 Å². The van der Waals surface area contributed by atoms with Gasteiger partial charge in [-0.1, -0.05) is 5.92 Å². The molecule has 3 heteroatoms. The summed E-state index contributed by atoms with van der Waals surface area (Å²) in [5.41, 5.74) is 0. The molecule has 1 aromatic heterocycles. The van der Waals surface area contributed by atoms with Crippen molar-refractivity contribution in [3.05, 3.63) is 18.2 Å². The van der Waals surface area contributed by atoms with Crippen molar-refractivity contribution in [3.8, 4) is 11.8 Å². The predicted molar refractivity (Wildman–Crippen MR) is 50.0 cm³/mol. The molecule has 0 saturated carbocycles. The normalized spacial score (nSPS) is 9.17. The summed E-state index contributed by atoms with van der Waals surface area (Å²) in [4.78, 5) is 4.14. The number of imidazole rings is 1. The van der Waals surface area contributed by atoms with Gasteiger partial charge in [-0.05, 0) is 0 Å². The molecule has 64 valence electrons. The third-order valence-corrected chi connectivity index (χ3v) is 1.70. The van der Waals surface area contributed by atoms with Crippen molar-refractivity contribution in [1.82, 2.24) is 9.55 Å². The highest BCUT2D eigenvalue weighted by Gasteiger charge is 1.93. The average Bonchev–Trinajstić information content (AvgIpc) is 2.46. The third kappa shape index (κ3) is 2.60. The Kier molecular flexibility index (Phi) is 3.69. The Labute approximate surface area is 77.6 Å². The van der Waals surface area contributed by atoms with E-state index >= 15 is 0 Å². The highest BCUT2D eigenvalue weighted by molar-refractivity contribution is 6.17. The van der Waals surface area contributed by atoms with Gasteiger partial charge in [-0.2, -0.15) is 0 Å². The first-order chi connectivity index (χ1) is 5.84. The van der Waals surface area contributed by atoms with Crippen molar-refractivity contribution in [1.29, 1.82) is 0 Å². The van der Waals surface area contributed by atoms with Gasteiger partial charge in [-0.25, -0.2) is 4.98 Å². The van der Waals surface area contributed by atoms with E-state index in [1.807, 2.05) is 17.8 Å². The zero-order chi connectivity index (χ0) is 8.81. The van der Waals surface area contributed by atoms with E-state index in [2.05, 4.69) is 16.8 Å². The van der Waals surface area contributed by atoms with E-state index < -0.39 is 0 Å². The third-order valence-electron chi connectivity index (χ3n) is 1.51. The fourth-order valence-corrected chi connectivity index (χ4v) is 0.939. The summed E-state index contributed by atoms with van der Waals surface area (Å²) >= 11 is 5.47. The van der Waals surface area contributed by atoms with E-state index in [4.69, 9.17) is 11.6 Å². The van der Waals surface area contributed by atoms with Gasteiger partial charge in [0.05, 0.1) is 6.42 Å². The highest BCUT2D eigenvalue weighted by Crippen LogP contribution is 1.93. The van der Waals surface area contributed by atoms with Crippen LogP contribution in [0.15, 0.2) is 12.4 Å². The molecule has 0 radical (unpaired) electrons. The quantitative estimate of drug-likeness (QED) is 0.502. The second-order valence-corrected chi connectivity index (χ2v) is 2.80. The zero-order valence-corrected chi connectivity index (χ0v) is 7.80. The maximum Gasteiger partial charge on any atom is 0.120 e. The second kappa shape index (κ2) is 4.84. The van der Waals surface area contributed by atoms with E-state index in [0.29, 0.717) is 12.3 Å². The first kappa shape index (κ1) is 9.15. The summed E-state index contributed by atoms with van der Waals surface area (Å²) < 4.78 is 1.97. The van der Waals surface area contributed by atoms with Crippen LogP contribution in [0.2, 0.25) is 0 Å². The van der Waals surface area contributed by atoms with Crippen LogP contribution < -0.4 is 0 Å². The number of aryl methyl sites for hydroxylation is 1. The largest absolute Gasteiger partial charge is 0.337 e. The van der Waals surface area contributed by atoms with E-state index in [1.165, 1.54) is 0 Å². The molecule has 0 atom stereocenters. The molecule has 0 aromatic carbocycles. The number of hydrogen-bond acceptors (Lipinski definition) is 1. The van der Waals surface area contributed by atoms with Gasteiger partial charge in [0.15, 0.2) is 0 Å². The SMILES string of the molecule is Cn1ccnc1CC#CCCCl. The molecule has 0 amide bonds. The molecule has 1 rings (SSSR count). The molecule has 0 unspecified atom stereocenters. The summed E-state index contributed by atoms with van der Waals surface area (Å²) in [5.74, 6) is 7.58. The number of alkyl halides is 1. The lowest BCUT2D eigenvalue weighted by atomic mass is 10.4. The molecular weight excluding hydrogens is 172 g/mol. The van der Waals surface area contributed by atoms with Crippen LogP contribution in [-0.2, 0) is 13.5 Å². The molecule has 0 saturated heterocycles. The Morgan fingerprint density at radius 2 is 2.42 bits per heavy atom. The summed E-state index contributed by atoms with van der Waals surface area (Å²) in [6.07, 6.45) is 5.16. The molecule has 0 aliphatic heterocycles. The van der Waals surface area contributed by atoms with Crippen LogP contribution in [0.5, 0.6) is 0 Å². The molecular formula is C9H11ClN2. The van der Waals surface area contributed by atoms with Crippen LogP contribution in [0.1, 0.15) is 12.2 Å². The van der Waals surface area contributed by atoms with E-state index in [-0.39, 0.29) is 0 Å². The van der Waals surface area contributed by atoms with Gasteiger partial charge in [0.1, 0.15) is 5.82 Å². The summed E-state index contributed by atoms with van der Waals surface area (Å²) in [6.45, 7) is 0. The molecule has 0 spiro atoms. The summed E-state index contributed by atoms with van der Waals surface area (Å²) in [7, 11) is 1.96. The molecule has 0 bridgehead atoms. The minimum absolute atomic E-state index is 0.605. The Hall–Kier alpha value is -0.940. The lowest BCUT2D eigenvalue weighted by molar-refractivity contribution is 0.835. The first-order valence-electron chi connectivity index (χ1n) is 3.82. The average molecular weight is 183 g/mol. The summed E-state index contributed by atoms with van der Waals surface area (Å²) in [5, 5.41) is 0. The predicted octanol–water partition coefficient (Wildman–Crippen LogP) is 1.59. The lowest BCUT2D eigenvalue weighted by Gasteiger charge is -1.93. The molecule has 1 aromatic rings. The summed E-state index contributed by atoms with van der Waals surface area (Å²) in [6, 6.07) is 0. The zero-order valence-electron chi connectivity index (χ0n) is 7.05. The maximum absolute atomic E-state index is 5.47. The number of rotatable bonds is 2. The van der Waals surface area contributed by atoms with Crippen molar-refractivity contribution < 1.29 is 0 Å². The highest BCUT2D eigenvalue weighted by atomic mass is 35.5. The minimum Gasteiger partial charge on any atom is -0.337 e. The maximum atomic E-state index is 5.47. The molecule has 0 aliphatic rings. The van der Waals surface area contributed by atoms with Crippen molar-refractivity contribution >= 4 is 11.6 Å². The molecule has 0 aliphatic carbocycles. The lowest BCUT2D eigenvalue weighted by Crippen LogP contribution is -1.94. The Morgan fingerprint density at radius 1 is 1.58 bits per heavy atom. The Balaban J connectivity index is 2.44. The van der Waals surface area contributed by atoms with E-state index in [9.17, 15) is 0 Å². The van der Waals surface area contributed by atoms with Crippen LogP contribution >= 0.6 is 11.6 Å². The van der Waals surface area contributed by atoms with E-state index in [1.54, 1.807) is 6.20 Å². The molecule has 2 nitrogen and oxygen atoms in total. The van der Waals surface area contributed by atoms with Gasteiger partial charge in [0, 0.05) is 31.7 Å². The Bertz CT molecular complexity index is 293.